The van der Waals surface area contributed by atoms with Gasteiger partial charge in [0.25, 0.3) is 0 Å². The minimum atomic E-state index is -0.972. The molecule has 2 rings (SSSR count). The Balaban J connectivity index is 2.16. The van der Waals surface area contributed by atoms with Gasteiger partial charge in [0.2, 0.25) is 17.5 Å². The zero-order valence-corrected chi connectivity index (χ0v) is 16.9. The molecular weight excluding hydrogens is 378 g/mol. The quantitative estimate of drug-likeness (QED) is 0.527. The van der Waals surface area contributed by atoms with Gasteiger partial charge in [0, 0.05) is 6.42 Å². The predicted molar refractivity (Wildman–Crippen MR) is 102 cm³/mol. The Hall–Kier alpha value is -3.23. The summed E-state index contributed by atoms with van der Waals surface area (Å²) >= 11 is 0. The molecule has 1 atom stereocenters. The van der Waals surface area contributed by atoms with E-state index in [2.05, 4.69) is 15.5 Å². The summed E-state index contributed by atoms with van der Waals surface area (Å²) in [5.74, 6) is -1.37. The summed E-state index contributed by atoms with van der Waals surface area (Å²) in [7, 11) is 0. The Bertz CT molecular complexity index is 841. The summed E-state index contributed by atoms with van der Waals surface area (Å²) in [6.45, 7) is 7.07. The molecule has 2 aromatic rings. The van der Waals surface area contributed by atoms with Crippen LogP contribution in [-0.4, -0.2) is 46.2 Å². The van der Waals surface area contributed by atoms with Gasteiger partial charge in [-0.05, 0) is 33.3 Å². The highest BCUT2D eigenvalue weighted by atomic mass is 16.6. The highest BCUT2D eigenvalue weighted by Crippen LogP contribution is 2.11. The zero-order chi connectivity index (χ0) is 21.4. The molecule has 0 saturated heterocycles. The van der Waals surface area contributed by atoms with Crippen molar-refractivity contribution < 1.29 is 28.4 Å². The maximum Gasteiger partial charge on any atom is 0.408 e. The summed E-state index contributed by atoms with van der Waals surface area (Å²) in [4.78, 5) is 40.6. The lowest BCUT2D eigenvalue weighted by atomic mass is 10.0. The average molecular weight is 403 g/mol. The van der Waals surface area contributed by atoms with E-state index in [9.17, 15) is 14.4 Å². The fourth-order valence-electron chi connectivity index (χ4n) is 2.43. The van der Waals surface area contributed by atoms with Crippen LogP contribution < -0.4 is 5.32 Å². The lowest BCUT2D eigenvalue weighted by Crippen LogP contribution is -2.45. The highest BCUT2D eigenvalue weighted by Gasteiger charge is 2.29. The lowest BCUT2D eigenvalue weighted by Gasteiger charge is -2.22. The van der Waals surface area contributed by atoms with E-state index in [1.807, 2.05) is 30.3 Å². The first-order valence-corrected chi connectivity index (χ1v) is 9.23. The molecule has 0 aliphatic rings. The Labute approximate surface area is 168 Å². The van der Waals surface area contributed by atoms with Gasteiger partial charge in [-0.2, -0.15) is 4.98 Å². The second kappa shape index (κ2) is 9.81. The normalized spacial score (nSPS) is 12.1. The summed E-state index contributed by atoms with van der Waals surface area (Å²) in [5.41, 5.74) is 0.112. The molecule has 1 aromatic heterocycles. The number of nitrogens with zero attached hydrogens (tertiary/aromatic N) is 2. The van der Waals surface area contributed by atoms with Crippen LogP contribution in [0.3, 0.4) is 0 Å². The number of Topliss-reactive ketones (excluding diaryl/α,β-unsaturated/α-hetero) is 1. The standard InChI is InChI=1S/C20H25N3O6/c1-5-27-16(24)12-15-22-18(23-29-15)17(25)14(11-13-9-7-6-8-10-13)21-19(26)28-20(2,3)4/h6-10,14H,5,11-12H2,1-4H3,(H,21,26)/t14-/m0/s1. The van der Waals surface area contributed by atoms with Crippen LogP contribution in [0.4, 0.5) is 4.79 Å². The van der Waals surface area contributed by atoms with Crippen LogP contribution >= 0.6 is 0 Å². The van der Waals surface area contributed by atoms with Gasteiger partial charge in [-0.15, -0.1) is 0 Å². The number of aromatic nitrogens is 2. The van der Waals surface area contributed by atoms with Crippen molar-refractivity contribution in [3.63, 3.8) is 0 Å². The maximum absolute atomic E-state index is 12.9. The first-order valence-electron chi connectivity index (χ1n) is 9.23. The van der Waals surface area contributed by atoms with Crippen LogP contribution in [-0.2, 0) is 27.1 Å². The van der Waals surface area contributed by atoms with Gasteiger partial charge < -0.3 is 19.3 Å². The maximum atomic E-state index is 12.9. The number of hydrogen-bond donors (Lipinski definition) is 1. The molecule has 0 aliphatic carbocycles. The molecule has 0 unspecified atom stereocenters. The fraction of sp³-hybridized carbons (Fsp3) is 0.450. The van der Waals surface area contributed by atoms with E-state index in [1.54, 1.807) is 27.7 Å². The van der Waals surface area contributed by atoms with Crippen molar-refractivity contribution in [2.24, 2.45) is 0 Å². The second-order valence-electron chi connectivity index (χ2n) is 7.25. The van der Waals surface area contributed by atoms with Gasteiger partial charge in [-0.3, -0.25) is 9.59 Å². The third-order valence-corrected chi connectivity index (χ3v) is 3.58. The number of amides is 1. The molecule has 0 saturated carbocycles. The molecular formula is C20H25N3O6. The molecule has 0 radical (unpaired) electrons. The van der Waals surface area contributed by atoms with Crippen molar-refractivity contribution in [3.8, 4) is 0 Å². The van der Waals surface area contributed by atoms with Crippen LogP contribution in [0, 0.1) is 0 Å². The summed E-state index contributed by atoms with van der Waals surface area (Å²) in [6, 6.07) is 8.20. The number of alkyl carbamates (subject to hydrolysis) is 1. The molecule has 1 aromatic carbocycles. The van der Waals surface area contributed by atoms with E-state index in [0.717, 1.165) is 5.56 Å². The number of esters is 1. The number of ether oxygens (including phenoxy) is 2. The topological polar surface area (TPSA) is 121 Å². The third kappa shape index (κ3) is 7.36. The van der Waals surface area contributed by atoms with Crippen LogP contribution in [0.5, 0.6) is 0 Å². The van der Waals surface area contributed by atoms with Crippen LogP contribution in [0.2, 0.25) is 0 Å². The highest BCUT2D eigenvalue weighted by molar-refractivity contribution is 5.98. The molecule has 29 heavy (non-hydrogen) atoms. The fourth-order valence-corrected chi connectivity index (χ4v) is 2.43. The Morgan fingerprint density at radius 3 is 2.48 bits per heavy atom. The van der Waals surface area contributed by atoms with Crippen LogP contribution in [0.15, 0.2) is 34.9 Å². The van der Waals surface area contributed by atoms with E-state index in [-0.39, 0.29) is 31.2 Å². The van der Waals surface area contributed by atoms with Gasteiger partial charge in [-0.25, -0.2) is 4.79 Å². The second-order valence-corrected chi connectivity index (χ2v) is 7.25. The molecule has 1 N–H and O–H groups in total. The zero-order valence-electron chi connectivity index (χ0n) is 16.9. The molecule has 9 nitrogen and oxygen atoms in total. The lowest BCUT2D eigenvalue weighted by molar-refractivity contribution is -0.142. The van der Waals surface area contributed by atoms with Crippen molar-refractivity contribution in [1.82, 2.24) is 15.5 Å². The molecule has 1 heterocycles. The van der Waals surface area contributed by atoms with Gasteiger partial charge in [0.1, 0.15) is 18.1 Å². The third-order valence-electron chi connectivity index (χ3n) is 3.58. The minimum absolute atomic E-state index is 0.0393. The molecule has 0 fully saturated rings. The SMILES string of the molecule is CCOC(=O)Cc1nc(C(=O)[C@H](Cc2ccccc2)NC(=O)OC(C)(C)C)no1. The first-order chi connectivity index (χ1) is 13.7. The number of hydrogen-bond acceptors (Lipinski definition) is 8. The number of carbonyl (C=O) groups excluding carboxylic acids is 3. The van der Waals surface area contributed by atoms with Crippen molar-refractivity contribution in [3.05, 3.63) is 47.6 Å². The smallest absolute Gasteiger partial charge is 0.408 e. The monoisotopic (exact) mass is 403 g/mol. The van der Waals surface area contributed by atoms with Crippen molar-refractivity contribution in [2.45, 2.75) is 52.2 Å². The number of rotatable bonds is 8. The van der Waals surface area contributed by atoms with E-state index in [1.165, 1.54) is 0 Å². The van der Waals surface area contributed by atoms with E-state index >= 15 is 0 Å². The number of benzene rings is 1. The Morgan fingerprint density at radius 2 is 1.86 bits per heavy atom. The minimum Gasteiger partial charge on any atom is -0.466 e. The van der Waals surface area contributed by atoms with Gasteiger partial charge in [-0.1, -0.05) is 35.5 Å². The first kappa shape index (κ1) is 22.1. The summed E-state index contributed by atoms with van der Waals surface area (Å²) < 4.78 is 15.0. The largest absolute Gasteiger partial charge is 0.466 e. The predicted octanol–water partition coefficient (Wildman–Crippen LogP) is 2.49. The van der Waals surface area contributed by atoms with Crippen LogP contribution in [0.25, 0.3) is 0 Å². The molecule has 0 aliphatic heterocycles. The molecule has 0 bridgehead atoms. The van der Waals surface area contributed by atoms with Gasteiger partial charge >= 0.3 is 12.1 Å². The van der Waals surface area contributed by atoms with Gasteiger partial charge in [0.15, 0.2) is 0 Å². The molecule has 9 heteroatoms. The van der Waals surface area contributed by atoms with Crippen molar-refractivity contribution >= 4 is 17.8 Å². The number of ketones is 1. The van der Waals surface area contributed by atoms with Crippen molar-refractivity contribution in [1.29, 1.82) is 0 Å². The molecule has 156 valence electrons. The Morgan fingerprint density at radius 1 is 1.17 bits per heavy atom. The number of nitrogens with one attached hydrogen (secondary N) is 1. The van der Waals surface area contributed by atoms with Crippen LogP contribution in [0.1, 0.15) is 49.8 Å². The average Bonchev–Trinajstić information content (AvgIpc) is 3.08. The number of carbonyl (C=O) groups is 3. The van der Waals surface area contributed by atoms with Gasteiger partial charge in [0.05, 0.1) is 6.61 Å². The Kier molecular flexibility index (Phi) is 7.46. The summed E-state index contributed by atoms with van der Waals surface area (Å²) in [6.07, 6.45) is -0.764. The molecule has 0 spiro atoms. The van der Waals surface area contributed by atoms with E-state index in [4.69, 9.17) is 14.0 Å². The summed E-state index contributed by atoms with van der Waals surface area (Å²) in [5, 5.41) is 6.20. The van der Waals surface area contributed by atoms with E-state index in [0.29, 0.717) is 0 Å². The molecule has 1 amide bonds. The van der Waals surface area contributed by atoms with Crippen molar-refractivity contribution in [2.75, 3.05) is 6.61 Å². The van der Waals surface area contributed by atoms with E-state index < -0.39 is 29.5 Å².